The molecule has 1 atom stereocenters. The highest BCUT2D eigenvalue weighted by Crippen LogP contribution is 2.45. The zero-order chi connectivity index (χ0) is 20.4. The number of rotatable bonds is 7. The third kappa shape index (κ3) is 3.53. The molecule has 2 aromatic carbocycles. The third-order valence-electron chi connectivity index (χ3n) is 5.45. The minimum Gasteiger partial charge on any atom is -0.394 e. The van der Waals surface area contributed by atoms with E-state index < -0.39 is 24.2 Å². The number of amides is 2. The van der Waals surface area contributed by atoms with Crippen molar-refractivity contribution < 1.29 is 19.8 Å². The molecule has 2 aromatic rings. The number of aliphatic hydroxyl groups excluding tert-OH is 2. The van der Waals surface area contributed by atoms with E-state index in [4.69, 9.17) is 0 Å². The number of para-hydroxylation sites is 1. The summed E-state index contributed by atoms with van der Waals surface area (Å²) in [5, 5.41) is 21.7. The van der Waals surface area contributed by atoms with Gasteiger partial charge in [-0.1, -0.05) is 48.5 Å². The van der Waals surface area contributed by atoms with Crippen LogP contribution in [-0.2, 0) is 21.4 Å². The summed E-state index contributed by atoms with van der Waals surface area (Å²) in [7, 11) is 1.72. The van der Waals surface area contributed by atoms with E-state index in [1.165, 1.54) is 0 Å². The summed E-state index contributed by atoms with van der Waals surface area (Å²) in [5.74, 6) is -0.526. The number of benzene rings is 2. The van der Waals surface area contributed by atoms with Gasteiger partial charge in [0.25, 0.3) is 0 Å². The Labute approximate surface area is 164 Å². The van der Waals surface area contributed by atoms with Crippen LogP contribution in [0, 0.1) is 0 Å². The molecule has 1 aliphatic heterocycles. The smallest absolute Gasteiger partial charge is 0.238 e. The number of likely N-dealkylation sites (N-methyl/N-ethyl adjacent to an activating group) is 1. The van der Waals surface area contributed by atoms with Crippen molar-refractivity contribution >= 4 is 17.5 Å². The molecule has 3 N–H and O–H groups in total. The topological polar surface area (TPSA) is 89.9 Å². The Morgan fingerprint density at radius 2 is 1.68 bits per heavy atom. The monoisotopic (exact) mass is 382 g/mol. The molecule has 28 heavy (non-hydrogen) atoms. The highest BCUT2D eigenvalue weighted by molar-refractivity contribution is 6.10. The maximum absolute atomic E-state index is 13.4. The fourth-order valence-electron chi connectivity index (χ4n) is 3.85. The molecule has 2 amide bonds. The highest BCUT2D eigenvalue weighted by atomic mass is 16.3. The Morgan fingerprint density at radius 3 is 2.32 bits per heavy atom. The minimum absolute atomic E-state index is 0.0718. The molecule has 0 saturated heterocycles. The Balaban J connectivity index is 2.02. The van der Waals surface area contributed by atoms with Gasteiger partial charge in [0.15, 0.2) is 0 Å². The van der Waals surface area contributed by atoms with Crippen LogP contribution < -0.4 is 10.2 Å². The lowest BCUT2D eigenvalue weighted by molar-refractivity contribution is -0.131. The van der Waals surface area contributed by atoms with Gasteiger partial charge in [0.05, 0.1) is 24.2 Å². The first kappa shape index (κ1) is 20.0. The van der Waals surface area contributed by atoms with Gasteiger partial charge in [0, 0.05) is 19.2 Å². The van der Waals surface area contributed by atoms with E-state index in [0.717, 1.165) is 16.8 Å². The van der Waals surface area contributed by atoms with Crippen LogP contribution in [0.5, 0.6) is 0 Å². The van der Waals surface area contributed by atoms with Gasteiger partial charge < -0.3 is 20.4 Å². The molecule has 1 aliphatic rings. The van der Waals surface area contributed by atoms with E-state index in [0.29, 0.717) is 6.42 Å². The number of carbonyl (C=O) groups is 2. The van der Waals surface area contributed by atoms with Crippen LogP contribution >= 0.6 is 0 Å². The van der Waals surface area contributed by atoms with Crippen molar-refractivity contribution in [1.29, 1.82) is 0 Å². The number of hydrogen-bond acceptors (Lipinski definition) is 4. The predicted molar refractivity (Wildman–Crippen MR) is 107 cm³/mol. The molecule has 0 bridgehead atoms. The summed E-state index contributed by atoms with van der Waals surface area (Å²) in [5.41, 5.74) is 0.390. The molecule has 1 heterocycles. The molecule has 0 fully saturated rings. The molecule has 0 saturated carbocycles. The van der Waals surface area contributed by atoms with Gasteiger partial charge in [-0.05, 0) is 30.5 Å². The second kappa shape index (κ2) is 7.73. The highest BCUT2D eigenvalue weighted by Gasteiger charge is 2.51. The molecular weight excluding hydrogens is 356 g/mol. The molecule has 0 aliphatic carbocycles. The third-order valence-corrected chi connectivity index (χ3v) is 5.45. The van der Waals surface area contributed by atoms with E-state index in [1.54, 1.807) is 18.9 Å². The van der Waals surface area contributed by atoms with Crippen molar-refractivity contribution in [2.24, 2.45) is 0 Å². The van der Waals surface area contributed by atoms with Crippen molar-refractivity contribution in [2.75, 3.05) is 25.2 Å². The fraction of sp³-hybridized carbons (Fsp3) is 0.364. The quantitative estimate of drug-likeness (QED) is 0.675. The summed E-state index contributed by atoms with van der Waals surface area (Å²) in [6, 6.07) is 17.1. The van der Waals surface area contributed by atoms with Gasteiger partial charge in [0.1, 0.15) is 0 Å². The molecule has 0 aromatic heterocycles. The van der Waals surface area contributed by atoms with Crippen LogP contribution in [0.3, 0.4) is 0 Å². The predicted octanol–water partition coefficient (Wildman–Crippen LogP) is 1.39. The molecule has 0 unspecified atom stereocenters. The lowest BCUT2D eigenvalue weighted by atomic mass is 9.73. The summed E-state index contributed by atoms with van der Waals surface area (Å²) >= 11 is 0. The molecule has 6 heteroatoms. The minimum atomic E-state index is -1.14. The van der Waals surface area contributed by atoms with Crippen LogP contribution in [0.1, 0.15) is 24.5 Å². The summed E-state index contributed by atoms with van der Waals surface area (Å²) in [6.45, 7) is 0.766. The van der Waals surface area contributed by atoms with E-state index in [-0.39, 0.29) is 18.2 Å². The summed E-state index contributed by atoms with van der Waals surface area (Å²) in [6.07, 6.45) is 0.314. The van der Waals surface area contributed by atoms with Gasteiger partial charge in [0.2, 0.25) is 11.8 Å². The van der Waals surface area contributed by atoms with Gasteiger partial charge in [-0.25, -0.2) is 0 Å². The van der Waals surface area contributed by atoms with Gasteiger partial charge in [-0.3, -0.25) is 9.59 Å². The first-order valence-corrected chi connectivity index (χ1v) is 9.29. The van der Waals surface area contributed by atoms with Crippen molar-refractivity contribution in [1.82, 2.24) is 5.32 Å². The SMILES string of the molecule is CN1C(=O)[C@@](CC(=O)NC(C)(CO)CO)(Cc2ccccc2)c2ccccc21. The summed E-state index contributed by atoms with van der Waals surface area (Å²) in [4.78, 5) is 27.9. The maximum Gasteiger partial charge on any atom is 0.238 e. The molecular formula is C22H26N2O4. The standard InChI is InChI=1S/C22H26N2O4/c1-21(14-25,15-26)23-19(27)13-22(12-16-8-4-3-5-9-16)17-10-6-7-11-18(17)24(2)20(22)28/h3-11,25-26H,12-15H2,1-2H3,(H,23,27)/t22-/m1/s1. The Bertz CT molecular complexity index is 864. The average Bonchev–Trinajstić information content (AvgIpc) is 2.91. The van der Waals surface area contributed by atoms with Gasteiger partial charge in [-0.15, -0.1) is 0 Å². The second-order valence-electron chi connectivity index (χ2n) is 7.73. The molecule has 3 rings (SSSR count). The molecule has 0 radical (unpaired) electrons. The first-order chi connectivity index (χ1) is 13.3. The van der Waals surface area contributed by atoms with Crippen LogP contribution in [0.25, 0.3) is 0 Å². The van der Waals surface area contributed by atoms with Crippen molar-refractivity contribution in [2.45, 2.75) is 30.7 Å². The average molecular weight is 382 g/mol. The number of fused-ring (bicyclic) bond motifs is 1. The zero-order valence-electron chi connectivity index (χ0n) is 16.2. The molecule has 148 valence electrons. The van der Waals surface area contributed by atoms with E-state index in [2.05, 4.69) is 5.32 Å². The number of hydrogen-bond donors (Lipinski definition) is 3. The van der Waals surface area contributed by atoms with Crippen molar-refractivity contribution in [3.8, 4) is 0 Å². The largest absolute Gasteiger partial charge is 0.394 e. The Kier molecular flexibility index (Phi) is 5.54. The number of nitrogens with zero attached hydrogens (tertiary/aromatic N) is 1. The van der Waals surface area contributed by atoms with Crippen molar-refractivity contribution in [3.63, 3.8) is 0 Å². The second-order valence-corrected chi connectivity index (χ2v) is 7.73. The Morgan fingerprint density at radius 1 is 1.07 bits per heavy atom. The first-order valence-electron chi connectivity index (χ1n) is 9.29. The van der Waals surface area contributed by atoms with Crippen LogP contribution in [0.15, 0.2) is 54.6 Å². The lowest BCUT2D eigenvalue weighted by Crippen LogP contribution is -2.54. The lowest BCUT2D eigenvalue weighted by Gasteiger charge is -2.31. The van der Waals surface area contributed by atoms with Crippen molar-refractivity contribution in [3.05, 3.63) is 65.7 Å². The fourth-order valence-corrected chi connectivity index (χ4v) is 3.85. The van der Waals surface area contributed by atoms with E-state index >= 15 is 0 Å². The molecule has 6 nitrogen and oxygen atoms in total. The van der Waals surface area contributed by atoms with Crippen LogP contribution in [0.2, 0.25) is 0 Å². The van der Waals surface area contributed by atoms with E-state index in [9.17, 15) is 19.8 Å². The Hall–Kier alpha value is -2.70. The van der Waals surface area contributed by atoms with Crippen LogP contribution in [-0.4, -0.2) is 47.8 Å². The normalized spacial score (nSPS) is 18.9. The number of carbonyl (C=O) groups excluding carboxylic acids is 2. The van der Waals surface area contributed by atoms with Gasteiger partial charge >= 0.3 is 0 Å². The number of anilines is 1. The number of nitrogens with one attached hydrogen (secondary N) is 1. The maximum atomic E-state index is 13.4. The zero-order valence-corrected chi connectivity index (χ0v) is 16.2. The summed E-state index contributed by atoms with van der Waals surface area (Å²) < 4.78 is 0. The molecule has 0 spiro atoms. The number of aliphatic hydroxyl groups is 2. The van der Waals surface area contributed by atoms with Gasteiger partial charge in [-0.2, -0.15) is 0 Å². The van der Waals surface area contributed by atoms with Crippen LogP contribution in [0.4, 0.5) is 5.69 Å². The van der Waals surface area contributed by atoms with E-state index in [1.807, 2.05) is 54.6 Å².